The minimum Gasteiger partial charge on any atom is -0.405 e. The first-order valence-corrected chi connectivity index (χ1v) is 5.35. The number of benzene rings is 1. The predicted octanol–water partition coefficient (Wildman–Crippen LogP) is 2.90. The molecule has 1 aromatic carbocycles. The van der Waals surface area contributed by atoms with Crippen LogP contribution >= 0.6 is 0 Å². The summed E-state index contributed by atoms with van der Waals surface area (Å²) in [4.78, 5) is 0. The van der Waals surface area contributed by atoms with Crippen LogP contribution in [0.15, 0.2) is 24.3 Å². The van der Waals surface area contributed by atoms with Crippen LogP contribution in [-0.2, 0) is 0 Å². The van der Waals surface area contributed by atoms with Crippen LogP contribution in [0.4, 0.5) is 26.3 Å². The first-order chi connectivity index (χ1) is 9.00. The summed E-state index contributed by atoms with van der Waals surface area (Å²) in [6.45, 7) is 0. The van der Waals surface area contributed by atoms with Crippen LogP contribution < -0.4 is 10.5 Å². The van der Waals surface area contributed by atoms with E-state index in [9.17, 15) is 31.4 Å². The highest BCUT2D eigenvalue weighted by Crippen LogP contribution is 2.33. The lowest BCUT2D eigenvalue weighted by atomic mass is 10.0. The van der Waals surface area contributed by atoms with Gasteiger partial charge in [-0.3, -0.25) is 0 Å². The molecule has 0 fully saturated rings. The second-order valence-corrected chi connectivity index (χ2v) is 3.99. The number of hydrogen-bond donors (Lipinski definition) is 2. The summed E-state index contributed by atoms with van der Waals surface area (Å²) in [5.74, 6) is -0.762. The van der Waals surface area contributed by atoms with E-state index < -0.39 is 42.4 Å². The van der Waals surface area contributed by atoms with Crippen molar-refractivity contribution in [3.63, 3.8) is 0 Å². The van der Waals surface area contributed by atoms with Crippen molar-refractivity contribution >= 4 is 0 Å². The fourth-order valence-electron chi connectivity index (χ4n) is 1.47. The molecule has 0 unspecified atom stereocenters. The number of nitrogens with two attached hydrogens (primary N) is 1. The number of rotatable bonds is 4. The van der Waals surface area contributed by atoms with Crippen LogP contribution in [0.1, 0.15) is 18.1 Å². The molecule has 0 aromatic heterocycles. The van der Waals surface area contributed by atoms with Crippen molar-refractivity contribution in [2.75, 3.05) is 0 Å². The summed E-state index contributed by atoms with van der Waals surface area (Å²) >= 11 is 0. The average Bonchev–Trinajstić information content (AvgIpc) is 2.25. The number of hydrogen-bond acceptors (Lipinski definition) is 3. The van der Waals surface area contributed by atoms with E-state index in [0.29, 0.717) is 0 Å². The molecular weight excluding hydrogens is 292 g/mol. The minimum atomic E-state index is -5.01. The Bertz CT molecular complexity index is 445. The minimum absolute atomic E-state index is 0.412. The zero-order valence-corrected chi connectivity index (χ0v) is 9.87. The van der Waals surface area contributed by atoms with Crippen molar-refractivity contribution in [3.05, 3.63) is 29.8 Å². The first kappa shape index (κ1) is 16.6. The van der Waals surface area contributed by atoms with Gasteiger partial charge in [0, 0.05) is 12.0 Å². The molecule has 0 aliphatic carbocycles. The van der Waals surface area contributed by atoms with Crippen molar-refractivity contribution in [2.24, 2.45) is 5.73 Å². The summed E-state index contributed by atoms with van der Waals surface area (Å²) < 4.78 is 76.8. The highest BCUT2D eigenvalue weighted by atomic mass is 19.4. The number of aliphatic hydroxyl groups is 1. The third kappa shape index (κ3) is 4.89. The lowest BCUT2D eigenvalue weighted by molar-refractivity contribution is -0.275. The maximum Gasteiger partial charge on any atom is 0.573 e. The van der Waals surface area contributed by atoms with E-state index in [1.54, 1.807) is 0 Å². The van der Waals surface area contributed by atoms with Crippen molar-refractivity contribution in [2.45, 2.75) is 31.1 Å². The van der Waals surface area contributed by atoms with Gasteiger partial charge in [0.05, 0.1) is 6.10 Å². The maximum atomic E-state index is 12.2. The zero-order chi connectivity index (χ0) is 15.6. The largest absolute Gasteiger partial charge is 0.573 e. The summed E-state index contributed by atoms with van der Waals surface area (Å²) in [6.07, 6.45) is -12.6. The predicted molar refractivity (Wildman–Crippen MR) is 56.7 cm³/mol. The molecule has 0 heterocycles. The molecule has 0 saturated heterocycles. The molecule has 0 spiro atoms. The maximum absolute atomic E-state index is 12.2. The van der Waals surface area contributed by atoms with Gasteiger partial charge in [0.25, 0.3) is 0 Å². The Hall–Kier alpha value is -1.48. The number of aliphatic hydroxyl groups excluding tert-OH is 1. The van der Waals surface area contributed by atoms with Gasteiger partial charge in [0.2, 0.25) is 0 Å². The molecule has 3 nitrogen and oxygen atoms in total. The van der Waals surface area contributed by atoms with Gasteiger partial charge in [0.1, 0.15) is 11.8 Å². The van der Waals surface area contributed by atoms with Gasteiger partial charge in [-0.15, -0.1) is 13.2 Å². The summed E-state index contributed by atoms with van der Waals surface area (Å²) in [7, 11) is 0. The fourth-order valence-corrected chi connectivity index (χ4v) is 1.47. The number of ether oxygens (including phenoxy) is 1. The third-order valence-corrected chi connectivity index (χ3v) is 2.40. The molecule has 9 heteroatoms. The van der Waals surface area contributed by atoms with Crippen molar-refractivity contribution < 1.29 is 36.2 Å². The Morgan fingerprint density at radius 3 is 2.15 bits per heavy atom. The van der Waals surface area contributed by atoms with Gasteiger partial charge in [-0.05, 0) is 6.07 Å². The lowest BCUT2D eigenvalue weighted by Crippen LogP contribution is -2.38. The van der Waals surface area contributed by atoms with Gasteiger partial charge < -0.3 is 15.6 Å². The normalized spacial score (nSPS) is 15.8. The molecule has 0 aliphatic rings. The van der Waals surface area contributed by atoms with Crippen LogP contribution in [0.25, 0.3) is 0 Å². The number of halogens is 6. The van der Waals surface area contributed by atoms with E-state index in [-0.39, 0.29) is 0 Å². The summed E-state index contributed by atoms with van der Waals surface area (Å²) in [5.41, 5.74) is 4.41. The zero-order valence-electron chi connectivity index (χ0n) is 9.87. The Balaban J connectivity index is 2.90. The van der Waals surface area contributed by atoms with Gasteiger partial charge in [-0.2, -0.15) is 13.2 Å². The molecule has 1 rings (SSSR count). The molecule has 0 aliphatic heterocycles. The monoisotopic (exact) mass is 303 g/mol. The van der Waals surface area contributed by atoms with Gasteiger partial charge in [0.15, 0.2) is 0 Å². The third-order valence-electron chi connectivity index (χ3n) is 2.40. The lowest BCUT2D eigenvalue weighted by Gasteiger charge is -2.21. The molecule has 2 atom stereocenters. The van der Waals surface area contributed by atoms with Crippen LogP contribution in [0.5, 0.6) is 5.75 Å². The van der Waals surface area contributed by atoms with Crippen LogP contribution in [-0.4, -0.2) is 23.7 Å². The SMILES string of the molecule is N[C@@H](C[C@@H](O)c1ccccc1OC(F)(F)F)C(F)(F)F. The van der Waals surface area contributed by atoms with E-state index in [1.807, 2.05) is 0 Å². The Kier molecular flexibility index (Phi) is 4.87. The van der Waals surface area contributed by atoms with Crippen LogP contribution in [0.3, 0.4) is 0 Å². The van der Waals surface area contributed by atoms with Gasteiger partial charge >= 0.3 is 12.5 Å². The second kappa shape index (κ2) is 5.88. The van der Waals surface area contributed by atoms with Crippen LogP contribution in [0, 0.1) is 0 Å². The highest BCUT2D eigenvalue weighted by molar-refractivity contribution is 5.35. The molecule has 0 saturated carbocycles. The molecule has 20 heavy (non-hydrogen) atoms. The first-order valence-electron chi connectivity index (χ1n) is 5.35. The van der Waals surface area contributed by atoms with Crippen molar-refractivity contribution in [1.29, 1.82) is 0 Å². The Labute approximate surface area is 109 Å². The molecule has 1 aromatic rings. The number of para-hydroxylation sites is 1. The Morgan fingerprint density at radius 2 is 1.65 bits per heavy atom. The van der Waals surface area contributed by atoms with Gasteiger partial charge in [-0.1, -0.05) is 18.2 Å². The Morgan fingerprint density at radius 1 is 1.10 bits per heavy atom. The quantitative estimate of drug-likeness (QED) is 0.841. The molecular formula is C11H11F6NO2. The van der Waals surface area contributed by atoms with E-state index in [0.717, 1.165) is 12.1 Å². The molecule has 0 radical (unpaired) electrons. The van der Waals surface area contributed by atoms with Gasteiger partial charge in [-0.25, -0.2) is 0 Å². The fraction of sp³-hybridized carbons (Fsp3) is 0.455. The van der Waals surface area contributed by atoms with Crippen molar-refractivity contribution in [3.8, 4) is 5.75 Å². The smallest absolute Gasteiger partial charge is 0.405 e. The van der Waals surface area contributed by atoms with E-state index in [2.05, 4.69) is 4.74 Å². The molecule has 0 amide bonds. The average molecular weight is 303 g/mol. The summed E-state index contributed by atoms with van der Waals surface area (Å²) in [5, 5.41) is 9.60. The number of alkyl halides is 6. The standard InChI is InChI=1S/C11H11F6NO2/c12-10(13,14)9(18)5-7(19)6-3-1-2-4-8(6)20-11(15,16)17/h1-4,7,9,19H,5,18H2/t7-,9+/m1/s1. The van der Waals surface area contributed by atoms with E-state index >= 15 is 0 Å². The van der Waals surface area contributed by atoms with Crippen LogP contribution in [0.2, 0.25) is 0 Å². The summed E-state index contributed by atoms with van der Waals surface area (Å²) in [6, 6.07) is 2.04. The molecule has 114 valence electrons. The van der Waals surface area contributed by atoms with Crippen molar-refractivity contribution in [1.82, 2.24) is 0 Å². The highest BCUT2D eigenvalue weighted by Gasteiger charge is 2.39. The second-order valence-electron chi connectivity index (χ2n) is 3.99. The topological polar surface area (TPSA) is 55.5 Å². The van der Waals surface area contributed by atoms with E-state index in [4.69, 9.17) is 5.73 Å². The molecule has 0 bridgehead atoms. The van der Waals surface area contributed by atoms with E-state index in [1.165, 1.54) is 12.1 Å². The molecule has 3 N–H and O–H groups in total.